The van der Waals surface area contributed by atoms with Gasteiger partial charge in [-0.05, 0) is 42.3 Å². The SMILES string of the molecule is CCOP(=O)(/C=C/c1ccc2cccc(-c3cccc4ccccc34)c2n1)OCC. The highest BCUT2D eigenvalue weighted by atomic mass is 31.2. The van der Waals surface area contributed by atoms with Gasteiger partial charge in [0.15, 0.2) is 0 Å². The molecule has 0 unspecified atom stereocenters. The monoisotopic (exact) mass is 417 g/mol. The van der Waals surface area contributed by atoms with Gasteiger partial charge in [0.05, 0.1) is 24.4 Å². The first-order valence-electron chi connectivity index (χ1n) is 10.1. The van der Waals surface area contributed by atoms with Crippen LogP contribution in [0, 0.1) is 0 Å². The third kappa shape index (κ3) is 4.22. The number of pyridine rings is 1. The highest BCUT2D eigenvalue weighted by Gasteiger charge is 2.19. The molecule has 0 radical (unpaired) electrons. The molecule has 0 bridgehead atoms. The maximum atomic E-state index is 12.7. The van der Waals surface area contributed by atoms with E-state index in [-0.39, 0.29) is 0 Å². The van der Waals surface area contributed by atoms with E-state index in [0.29, 0.717) is 18.9 Å². The zero-order valence-electron chi connectivity index (χ0n) is 17.1. The lowest BCUT2D eigenvalue weighted by molar-refractivity contribution is 0.229. The van der Waals surface area contributed by atoms with Gasteiger partial charge >= 0.3 is 7.60 Å². The molecule has 0 aliphatic heterocycles. The topological polar surface area (TPSA) is 48.4 Å². The molecule has 0 spiro atoms. The van der Waals surface area contributed by atoms with E-state index in [2.05, 4.69) is 54.6 Å². The highest BCUT2D eigenvalue weighted by molar-refractivity contribution is 7.57. The van der Waals surface area contributed by atoms with Crippen molar-refractivity contribution < 1.29 is 13.6 Å². The Kier molecular flexibility index (Phi) is 6.10. The molecular formula is C25H24NO3P. The van der Waals surface area contributed by atoms with Crippen molar-refractivity contribution >= 4 is 35.3 Å². The molecule has 3 aromatic carbocycles. The smallest absolute Gasteiger partial charge is 0.306 e. The molecule has 0 aliphatic carbocycles. The molecule has 152 valence electrons. The summed E-state index contributed by atoms with van der Waals surface area (Å²) in [6, 6.07) is 24.8. The Hall–Kier alpha value is -2.78. The Labute approximate surface area is 176 Å². The lowest BCUT2D eigenvalue weighted by Gasteiger charge is -2.13. The molecule has 5 heteroatoms. The van der Waals surface area contributed by atoms with Crippen LogP contribution in [-0.2, 0) is 13.6 Å². The summed E-state index contributed by atoms with van der Waals surface area (Å²) in [5, 5.41) is 3.43. The molecule has 30 heavy (non-hydrogen) atoms. The van der Waals surface area contributed by atoms with Crippen LogP contribution < -0.4 is 0 Å². The number of para-hydroxylation sites is 1. The third-order valence-electron chi connectivity index (χ3n) is 4.87. The number of rotatable bonds is 7. The van der Waals surface area contributed by atoms with Gasteiger partial charge < -0.3 is 9.05 Å². The Morgan fingerprint density at radius 3 is 2.23 bits per heavy atom. The van der Waals surface area contributed by atoms with Crippen LogP contribution in [0.15, 0.2) is 78.6 Å². The number of hydrogen-bond acceptors (Lipinski definition) is 4. The molecule has 4 aromatic rings. The van der Waals surface area contributed by atoms with Crippen molar-refractivity contribution in [3.63, 3.8) is 0 Å². The molecule has 0 atom stereocenters. The lowest BCUT2D eigenvalue weighted by Crippen LogP contribution is -1.93. The summed E-state index contributed by atoms with van der Waals surface area (Å²) >= 11 is 0. The van der Waals surface area contributed by atoms with Crippen molar-refractivity contribution in [1.29, 1.82) is 0 Å². The molecule has 0 N–H and O–H groups in total. The summed E-state index contributed by atoms with van der Waals surface area (Å²) in [5.74, 6) is 1.49. The number of nitrogens with zero attached hydrogens (tertiary/aromatic N) is 1. The third-order valence-corrected chi connectivity index (χ3v) is 6.62. The molecule has 0 amide bonds. The van der Waals surface area contributed by atoms with E-state index < -0.39 is 7.60 Å². The molecule has 0 aliphatic rings. The van der Waals surface area contributed by atoms with E-state index in [1.165, 1.54) is 16.6 Å². The van der Waals surface area contributed by atoms with Gasteiger partial charge in [-0.1, -0.05) is 66.7 Å². The van der Waals surface area contributed by atoms with Crippen LogP contribution in [0.5, 0.6) is 0 Å². The first-order chi connectivity index (χ1) is 14.6. The van der Waals surface area contributed by atoms with E-state index in [1.807, 2.05) is 18.2 Å². The van der Waals surface area contributed by atoms with Gasteiger partial charge in [-0.2, -0.15) is 0 Å². The van der Waals surface area contributed by atoms with Crippen molar-refractivity contribution in [3.05, 3.63) is 84.3 Å². The lowest BCUT2D eigenvalue weighted by atomic mass is 9.96. The first-order valence-corrected chi connectivity index (χ1v) is 11.7. The fraction of sp³-hybridized carbons (Fsp3) is 0.160. The largest absolute Gasteiger partial charge is 0.354 e. The van der Waals surface area contributed by atoms with Crippen LogP contribution in [0.4, 0.5) is 0 Å². The van der Waals surface area contributed by atoms with E-state index >= 15 is 0 Å². The van der Waals surface area contributed by atoms with Gasteiger partial charge in [0.1, 0.15) is 0 Å². The zero-order valence-corrected chi connectivity index (χ0v) is 18.0. The van der Waals surface area contributed by atoms with Gasteiger partial charge in [0.25, 0.3) is 0 Å². The molecule has 4 rings (SSSR count). The molecule has 0 saturated heterocycles. The predicted octanol–water partition coefficient (Wildman–Crippen LogP) is 7.29. The fourth-order valence-electron chi connectivity index (χ4n) is 3.58. The van der Waals surface area contributed by atoms with Crippen LogP contribution in [0.1, 0.15) is 19.5 Å². The highest BCUT2D eigenvalue weighted by Crippen LogP contribution is 2.50. The first kappa shape index (κ1) is 20.5. The van der Waals surface area contributed by atoms with E-state index in [9.17, 15) is 4.57 Å². The summed E-state index contributed by atoms with van der Waals surface area (Å²) in [4.78, 5) is 4.86. The molecule has 4 nitrogen and oxygen atoms in total. The van der Waals surface area contributed by atoms with E-state index in [4.69, 9.17) is 14.0 Å². The van der Waals surface area contributed by atoms with E-state index in [1.54, 1.807) is 19.9 Å². The van der Waals surface area contributed by atoms with Crippen molar-refractivity contribution in [3.8, 4) is 11.1 Å². The molecule has 0 saturated carbocycles. The minimum atomic E-state index is -3.27. The van der Waals surface area contributed by atoms with Crippen molar-refractivity contribution in [1.82, 2.24) is 4.98 Å². The van der Waals surface area contributed by atoms with Crippen LogP contribution >= 0.6 is 7.60 Å². The van der Waals surface area contributed by atoms with Gasteiger partial charge in [0.2, 0.25) is 0 Å². The molecule has 0 fully saturated rings. The summed E-state index contributed by atoms with van der Waals surface area (Å²) in [5.41, 5.74) is 3.81. The van der Waals surface area contributed by atoms with Gasteiger partial charge in [0, 0.05) is 16.8 Å². The average Bonchev–Trinajstić information content (AvgIpc) is 2.77. The van der Waals surface area contributed by atoms with Gasteiger partial charge in [-0.25, -0.2) is 4.98 Å². The Bertz CT molecular complexity index is 1250. The van der Waals surface area contributed by atoms with Crippen LogP contribution in [-0.4, -0.2) is 18.2 Å². The summed E-state index contributed by atoms with van der Waals surface area (Å²) in [6.07, 6.45) is 1.71. The minimum absolute atomic E-state index is 0.317. The number of aromatic nitrogens is 1. The normalized spacial score (nSPS) is 12.2. The standard InChI is InChI=1S/C25H24NO3P/c1-3-28-30(27,29-4-2)18-17-21-16-15-20-11-8-14-24(25(20)26-21)23-13-7-10-19-9-5-6-12-22(19)23/h5-18H,3-4H2,1-2H3/b18-17+. The number of benzene rings is 3. The van der Waals surface area contributed by atoms with Crippen LogP contribution in [0.25, 0.3) is 38.9 Å². The Morgan fingerprint density at radius 1 is 0.800 bits per heavy atom. The second-order valence-corrected chi connectivity index (χ2v) is 8.73. The van der Waals surface area contributed by atoms with Gasteiger partial charge in [-0.3, -0.25) is 4.57 Å². The molecule has 1 heterocycles. The van der Waals surface area contributed by atoms with Crippen molar-refractivity contribution in [2.75, 3.05) is 13.2 Å². The second kappa shape index (κ2) is 8.93. The predicted molar refractivity (Wildman–Crippen MR) is 125 cm³/mol. The second-order valence-electron chi connectivity index (χ2n) is 6.83. The number of fused-ring (bicyclic) bond motifs is 2. The van der Waals surface area contributed by atoms with Crippen LogP contribution in [0.2, 0.25) is 0 Å². The minimum Gasteiger partial charge on any atom is -0.306 e. The van der Waals surface area contributed by atoms with Crippen LogP contribution in [0.3, 0.4) is 0 Å². The maximum Gasteiger partial charge on any atom is 0.354 e. The zero-order chi connectivity index (χ0) is 21.0. The van der Waals surface area contributed by atoms with Crippen molar-refractivity contribution in [2.45, 2.75) is 13.8 Å². The molecular weight excluding hydrogens is 393 g/mol. The summed E-state index contributed by atoms with van der Waals surface area (Å²) in [7, 11) is -3.27. The Balaban J connectivity index is 1.82. The van der Waals surface area contributed by atoms with Gasteiger partial charge in [-0.15, -0.1) is 0 Å². The fourth-order valence-corrected chi connectivity index (χ4v) is 4.89. The number of hydrogen-bond donors (Lipinski definition) is 0. The quantitative estimate of drug-likeness (QED) is 0.296. The maximum absolute atomic E-state index is 12.7. The van der Waals surface area contributed by atoms with Crippen molar-refractivity contribution in [2.24, 2.45) is 0 Å². The summed E-state index contributed by atoms with van der Waals surface area (Å²) in [6.45, 7) is 4.23. The average molecular weight is 417 g/mol. The Morgan fingerprint density at radius 2 is 1.47 bits per heavy atom. The summed E-state index contributed by atoms with van der Waals surface area (Å²) < 4.78 is 23.4. The molecule has 1 aromatic heterocycles. The van der Waals surface area contributed by atoms with E-state index in [0.717, 1.165) is 22.0 Å².